The second-order valence-electron chi connectivity index (χ2n) is 4.06. The van der Waals surface area contributed by atoms with E-state index in [2.05, 4.69) is 25.3 Å². The molecule has 3 rings (SSSR count). The molecule has 0 radical (unpaired) electrons. The lowest BCUT2D eigenvalue weighted by atomic mass is 10.4. The summed E-state index contributed by atoms with van der Waals surface area (Å²) < 4.78 is 3.10. The number of aromatic nitrogens is 7. The Kier molecular flexibility index (Phi) is 3.24. The maximum atomic E-state index is 11.8. The van der Waals surface area contributed by atoms with Gasteiger partial charge in [-0.2, -0.15) is 4.52 Å². The van der Waals surface area contributed by atoms with E-state index in [9.17, 15) is 4.79 Å². The van der Waals surface area contributed by atoms with Gasteiger partial charge in [0.15, 0.2) is 5.16 Å². The molecule has 104 valence electrons. The zero-order chi connectivity index (χ0) is 14.1. The van der Waals surface area contributed by atoms with Crippen molar-refractivity contribution in [3.63, 3.8) is 0 Å². The molecule has 0 saturated heterocycles. The lowest BCUT2D eigenvalue weighted by Gasteiger charge is -2.02. The first-order valence-corrected chi connectivity index (χ1v) is 6.81. The molecule has 0 atom stereocenters. The molecule has 0 saturated carbocycles. The standard InChI is InChI=1S/C10H12N8OS/c1-17-7(3-11)15-16-10(17)20-4-6-2-8(19)18-9(14-6)12-5-13-18/h2,5H,3-4,11H2,1H3,(H,12,13,14). The molecular formula is C10H12N8OS. The first-order valence-electron chi connectivity index (χ1n) is 5.82. The molecule has 3 aromatic rings. The van der Waals surface area contributed by atoms with E-state index in [0.29, 0.717) is 29.6 Å². The molecule has 0 spiro atoms. The molecule has 0 unspecified atom stereocenters. The Morgan fingerprint density at radius 1 is 1.45 bits per heavy atom. The first kappa shape index (κ1) is 12.8. The summed E-state index contributed by atoms with van der Waals surface area (Å²) in [6, 6.07) is 1.47. The maximum absolute atomic E-state index is 11.8. The summed E-state index contributed by atoms with van der Waals surface area (Å²) in [6.45, 7) is 0.336. The smallest absolute Gasteiger partial charge is 0.274 e. The first-order chi connectivity index (χ1) is 9.69. The topological polar surface area (TPSA) is 120 Å². The molecule has 3 heterocycles. The summed E-state index contributed by atoms with van der Waals surface area (Å²) in [6.07, 6.45) is 1.43. The van der Waals surface area contributed by atoms with E-state index in [1.807, 2.05) is 11.6 Å². The van der Waals surface area contributed by atoms with E-state index < -0.39 is 0 Å². The van der Waals surface area contributed by atoms with Crippen molar-refractivity contribution in [1.29, 1.82) is 0 Å². The molecule has 0 amide bonds. The van der Waals surface area contributed by atoms with Crippen LogP contribution in [0.1, 0.15) is 11.5 Å². The van der Waals surface area contributed by atoms with Crippen molar-refractivity contribution >= 4 is 17.5 Å². The summed E-state index contributed by atoms with van der Waals surface area (Å²) in [5.74, 6) is 1.58. The molecule has 0 fully saturated rings. The normalized spacial score (nSPS) is 11.3. The van der Waals surface area contributed by atoms with Crippen LogP contribution in [0, 0.1) is 0 Å². The molecule has 0 bridgehead atoms. The fraction of sp³-hybridized carbons (Fsp3) is 0.300. The number of H-pyrrole nitrogens is 1. The van der Waals surface area contributed by atoms with Crippen molar-refractivity contribution < 1.29 is 0 Å². The van der Waals surface area contributed by atoms with E-state index in [1.165, 1.54) is 28.7 Å². The Labute approximate surface area is 117 Å². The Morgan fingerprint density at radius 3 is 3.05 bits per heavy atom. The molecule has 0 aromatic carbocycles. The summed E-state index contributed by atoms with van der Waals surface area (Å²) >= 11 is 1.44. The van der Waals surface area contributed by atoms with Crippen LogP contribution in [-0.2, 0) is 19.3 Å². The number of nitrogens with two attached hydrogens (primary N) is 1. The molecule has 0 aliphatic rings. The highest BCUT2D eigenvalue weighted by Crippen LogP contribution is 2.19. The number of hydrogen-bond acceptors (Lipinski definition) is 7. The van der Waals surface area contributed by atoms with Crippen molar-refractivity contribution in [2.45, 2.75) is 17.5 Å². The predicted molar refractivity (Wildman–Crippen MR) is 72.1 cm³/mol. The van der Waals surface area contributed by atoms with Gasteiger partial charge in [0, 0.05) is 18.9 Å². The van der Waals surface area contributed by atoms with Crippen molar-refractivity contribution in [3.05, 3.63) is 34.3 Å². The van der Waals surface area contributed by atoms with Crippen LogP contribution in [0.15, 0.2) is 22.3 Å². The van der Waals surface area contributed by atoms with E-state index in [4.69, 9.17) is 5.73 Å². The van der Waals surface area contributed by atoms with Crippen LogP contribution in [0.2, 0.25) is 0 Å². The maximum Gasteiger partial charge on any atom is 0.274 e. The van der Waals surface area contributed by atoms with Gasteiger partial charge in [0.25, 0.3) is 11.3 Å². The van der Waals surface area contributed by atoms with E-state index >= 15 is 0 Å². The monoisotopic (exact) mass is 292 g/mol. The quantitative estimate of drug-likeness (QED) is 0.610. The van der Waals surface area contributed by atoms with E-state index in [0.717, 1.165) is 5.16 Å². The number of nitrogens with zero attached hydrogens (tertiary/aromatic N) is 6. The molecule has 9 nitrogen and oxygen atoms in total. The Hall–Kier alpha value is -2.20. The lowest BCUT2D eigenvalue weighted by Crippen LogP contribution is -2.15. The van der Waals surface area contributed by atoms with Crippen LogP contribution in [0.5, 0.6) is 0 Å². The van der Waals surface area contributed by atoms with Gasteiger partial charge in [-0.15, -0.1) is 10.2 Å². The van der Waals surface area contributed by atoms with E-state index in [1.54, 1.807) is 0 Å². The van der Waals surface area contributed by atoms with Crippen LogP contribution in [0.3, 0.4) is 0 Å². The zero-order valence-electron chi connectivity index (χ0n) is 10.6. The highest BCUT2D eigenvalue weighted by Gasteiger charge is 2.10. The molecular weight excluding hydrogens is 280 g/mol. The Bertz CT molecular complexity index is 803. The number of rotatable bonds is 4. The largest absolute Gasteiger partial charge is 0.324 e. The molecule has 20 heavy (non-hydrogen) atoms. The van der Waals surface area contributed by atoms with Gasteiger partial charge < -0.3 is 10.3 Å². The van der Waals surface area contributed by atoms with Gasteiger partial charge in [-0.1, -0.05) is 11.8 Å². The van der Waals surface area contributed by atoms with Crippen LogP contribution in [-0.4, -0.2) is 34.3 Å². The van der Waals surface area contributed by atoms with Gasteiger partial charge >= 0.3 is 0 Å². The van der Waals surface area contributed by atoms with Gasteiger partial charge in [-0.05, 0) is 0 Å². The van der Waals surface area contributed by atoms with Crippen molar-refractivity contribution in [2.75, 3.05) is 0 Å². The third-order valence-corrected chi connectivity index (χ3v) is 3.83. The third-order valence-electron chi connectivity index (χ3n) is 2.78. The van der Waals surface area contributed by atoms with Crippen molar-refractivity contribution in [3.8, 4) is 0 Å². The Balaban J connectivity index is 1.82. The molecule has 0 aliphatic carbocycles. The SMILES string of the molecule is Cn1c(CN)nnc1SCc1cc(=O)n2[nH]cnc2n1. The molecule has 10 heteroatoms. The van der Waals surface area contributed by atoms with Crippen LogP contribution >= 0.6 is 11.8 Å². The van der Waals surface area contributed by atoms with Crippen LogP contribution < -0.4 is 11.3 Å². The number of aromatic amines is 1. The van der Waals surface area contributed by atoms with Crippen LogP contribution in [0.25, 0.3) is 5.78 Å². The second-order valence-corrected chi connectivity index (χ2v) is 5.00. The van der Waals surface area contributed by atoms with Gasteiger partial charge in [0.2, 0.25) is 0 Å². The van der Waals surface area contributed by atoms with E-state index in [-0.39, 0.29) is 5.56 Å². The van der Waals surface area contributed by atoms with Gasteiger partial charge in [0.1, 0.15) is 12.2 Å². The zero-order valence-corrected chi connectivity index (χ0v) is 11.5. The predicted octanol–water partition coefficient (Wildman–Crippen LogP) is -0.703. The second kappa shape index (κ2) is 5.06. The summed E-state index contributed by atoms with van der Waals surface area (Å²) in [7, 11) is 1.85. The summed E-state index contributed by atoms with van der Waals surface area (Å²) in [4.78, 5) is 20.0. The fourth-order valence-corrected chi connectivity index (χ4v) is 2.55. The highest BCUT2D eigenvalue weighted by molar-refractivity contribution is 7.98. The molecule has 3 aromatic heterocycles. The minimum atomic E-state index is -0.191. The number of nitrogens with one attached hydrogen (secondary N) is 1. The summed E-state index contributed by atoms with van der Waals surface area (Å²) in [5, 5.41) is 11.4. The van der Waals surface area contributed by atoms with Gasteiger partial charge in [-0.25, -0.2) is 9.97 Å². The number of hydrogen-bond donors (Lipinski definition) is 2. The minimum absolute atomic E-state index is 0.191. The highest BCUT2D eigenvalue weighted by atomic mass is 32.2. The van der Waals surface area contributed by atoms with Crippen molar-refractivity contribution in [1.82, 2.24) is 34.3 Å². The van der Waals surface area contributed by atoms with Gasteiger partial charge in [0.05, 0.1) is 12.2 Å². The number of thioether (sulfide) groups is 1. The molecule has 3 N–H and O–H groups in total. The number of fused-ring (bicyclic) bond motifs is 1. The average molecular weight is 292 g/mol. The summed E-state index contributed by atoms with van der Waals surface area (Å²) in [5.41, 5.74) is 5.99. The lowest BCUT2D eigenvalue weighted by molar-refractivity contribution is 0.734. The fourth-order valence-electron chi connectivity index (χ4n) is 1.73. The van der Waals surface area contributed by atoms with Crippen LogP contribution in [0.4, 0.5) is 0 Å². The van der Waals surface area contributed by atoms with Gasteiger partial charge in [-0.3, -0.25) is 9.89 Å². The average Bonchev–Trinajstić information content (AvgIpc) is 3.03. The minimum Gasteiger partial charge on any atom is -0.324 e. The van der Waals surface area contributed by atoms with Crippen molar-refractivity contribution in [2.24, 2.45) is 12.8 Å². The Morgan fingerprint density at radius 2 is 2.30 bits per heavy atom. The third kappa shape index (κ3) is 2.18. The molecule has 0 aliphatic heterocycles.